The van der Waals surface area contributed by atoms with Gasteiger partial charge < -0.3 is 10.2 Å². The monoisotopic (exact) mass is 421 g/mol. The third-order valence-corrected chi connectivity index (χ3v) is 6.36. The first-order valence-corrected chi connectivity index (χ1v) is 10.2. The molecule has 3 rings (SSSR count). The summed E-state index contributed by atoms with van der Waals surface area (Å²) >= 11 is 11.8. The molecule has 0 aliphatic heterocycles. The summed E-state index contributed by atoms with van der Waals surface area (Å²) in [6.07, 6.45) is 0. The number of non-ortho nitro benzene ring substituents is 1. The first-order chi connectivity index (χ1) is 12.9. The van der Waals surface area contributed by atoms with E-state index in [1.54, 1.807) is 48.5 Å². The van der Waals surface area contributed by atoms with Crippen LogP contribution in [0.1, 0.15) is 0 Å². The van der Waals surface area contributed by atoms with E-state index in [-0.39, 0.29) is 5.69 Å². The summed E-state index contributed by atoms with van der Waals surface area (Å²) in [5.74, 6) is 0. The molecule has 0 atom stereocenters. The lowest BCUT2D eigenvalue weighted by Crippen LogP contribution is -2.18. The topological polar surface area (TPSA) is 84.3 Å². The third-order valence-electron chi connectivity index (χ3n) is 3.69. The molecule has 138 valence electrons. The van der Waals surface area contributed by atoms with Gasteiger partial charge in [0, 0.05) is 33.6 Å². The Labute approximate surface area is 165 Å². The first-order valence-electron chi connectivity index (χ1n) is 7.78. The van der Waals surface area contributed by atoms with Crippen molar-refractivity contribution >= 4 is 53.0 Å². The zero-order chi connectivity index (χ0) is 19.4. The summed E-state index contributed by atoms with van der Waals surface area (Å²) in [5.41, 5.74) is 1.09. The number of nitro benzene ring substituents is 1. The van der Waals surface area contributed by atoms with Crippen molar-refractivity contribution in [3.05, 3.63) is 93.0 Å². The maximum Gasteiger partial charge on any atom is 0.287 e. The lowest BCUT2D eigenvalue weighted by molar-refractivity contribution is -0.384. The van der Waals surface area contributed by atoms with Crippen LogP contribution in [0.25, 0.3) is 0 Å². The number of hydrogen-bond donors (Lipinski definition) is 2. The number of nitrogens with one attached hydrogen (secondary N) is 2. The van der Waals surface area contributed by atoms with Crippen molar-refractivity contribution < 1.29 is 9.49 Å². The van der Waals surface area contributed by atoms with E-state index in [1.165, 1.54) is 24.3 Å². The van der Waals surface area contributed by atoms with Gasteiger partial charge in [-0.15, -0.1) is 0 Å². The standard InChI is InChI=1S/C18H14Cl2N3O3P/c19-13-1-5-15(6-2-13)21-27(26,22-16-7-3-14(20)4-8-16)18-11-9-17(10-12-18)23(24)25/h1-12H,(H2,21,22,26). The average Bonchev–Trinajstić information content (AvgIpc) is 2.66. The van der Waals surface area contributed by atoms with Crippen molar-refractivity contribution in [1.29, 1.82) is 0 Å². The Balaban J connectivity index is 1.98. The Morgan fingerprint density at radius 2 is 1.15 bits per heavy atom. The molecule has 27 heavy (non-hydrogen) atoms. The Morgan fingerprint density at radius 1 is 0.741 bits per heavy atom. The summed E-state index contributed by atoms with van der Waals surface area (Å²) in [7, 11) is -3.40. The van der Waals surface area contributed by atoms with Crippen LogP contribution in [0.15, 0.2) is 72.8 Å². The van der Waals surface area contributed by atoms with E-state index in [4.69, 9.17) is 23.2 Å². The van der Waals surface area contributed by atoms with Gasteiger partial charge in [-0.3, -0.25) is 14.7 Å². The molecule has 0 radical (unpaired) electrons. The fraction of sp³-hybridized carbons (Fsp3) is 0. The van der Waals surface area contributed by atoms with Gasteiger partial charge in [-0.05, 0) is 60.7 Å². The summed E-state index contributed by atoms with van der Waals surface area (Å²) in [6.45, 7) is 0. The molecule has 0 saturated heterocycles. The van der Waals surface area contributed by atoms with Crippen LogP contribution < -0.4 is 15.5 Å². The smallest absolute Gasteiger partial charge is 0.287 e. The molecule has 0 aliphatic carbocycles. The molecular weight excluding hydrogens is 408 g/mol. The van der Waals surface area contributed by atoms with Crippen molar-refractivity contribution in [2.24, 2.45) is 0 Å². The second-order valence-electron chi connectivity index (χ2n) is 5.62. The minimum atomic E-state index is -3.40. The number of anilines is 2. The molecule has 0 heterocycles. The molecule has 0 aromatic heterocycles. The van der Waals surface area contributed by atoms with Gasteiger partial charge in [-0.1, -0.05) is 23.2 Å². The van der Waals surface area contributed by atoms with Crippen LogP contribution in [0.5, 0.6) is 0 Å². The van der Waals surface area contributed by atoms with Gasteiger partial charge in [0.2, 0.25) is 0 Å². The van der Waals surface area contributed by atoms with Crippen molar-refractivity contribution in [3.8, 4) is 0 Å². The van der Waals surface area contributed by atoms with E-state index in [1.807, 2.05) is 0 Å². The highest BCUT2D eigenvalue weighted by atomic mass is 35.5. The van der Waals surface area contributed by atoms with Crippen molar-refractivity contribution in [1.82, 2.24) is 0 Å². The summed E-state index contributed by atoms with van der Waals surface area (Å²) in [5, 5.41) is 18.4. The van der Waals surface area contributed by atoms with Gasteiger partial charge in [0.1, 0.15) is 0 Å². The number of halogens is 2. The zero-order valence-electron chi connectivity index (χ0n) is 13.8. The number of nitro groups is 1. The molecule has 0 bridgehead atoms. The van der Waals surface area contributed by atoms with E-state index >= 15 is 0 Å². The minimum absolute atomic E-state index is 0.0803. The molecular formula is C18H14Cl2N3O3P. The Kier molecular flexibility index (Phi) is 5.71. The second kappa shape index (κ2) is 8.01. The largest absolute Gasteiger partial charge is 0.317 e. The van der Waals surface area contributed by atoms with E-state index in [0.717, 1.165) is 0 Å². The number of nitrogens with zero attached hydrogens (tertiary/aromatic N) is 1. The normalized spacial score (nSPS) is 11.0. The average molecular weight is 422 g/mol. The summed E-state index contributed by atoms with van der Waals surface area (Å²) in [6, 6.07) is 19.0. The van der Waals surface area contributed by atoms with Crippen LogP contribution in [0.4, 0.5) is 17.1 Å². The quantitative estimate of drug-likeness (QED) is 0.292. The molecule has 9 heteroatoms. The molecule has 3 aromatic rings. The fourth-order valence-corrected chi connectivity index (χ4v) is 4.51. The summed E-state index contributed by atoms with van der Waals surface area (Å²) < 4.78 is 13.7. The predicted octanol–water partition coefficient (Wildman–Crippen LogP) is 5.94. The molecule has 0 amide bonds. The Morgan fingerprint density at radius 3 is 1.52 bits per heavy atom. The van der Waals surface area contributed by atoms with Crippen molar-refractivity contribution in [2.45, 2.75) is 0 Å². The minimum Gasteiger partial charge on any atom is -0.317 e. The van der Waals surface area contributed by atoms with E-state index in [9.17, 15) is 14.7 Å². The van der Waals surface area contributed by atoms with Crippen LogP contribution >= 0.6 is 30.6 Å². The van der Waals surface area contributed by atoms with Crippen LogP contribution in [0.2, 0.25) is 10.0 Å². The van der Waals surface area contributed by atoms with Gasteiger partial charge in [0.15, 0.2) is 0 Å². The molecule has 6 nitrogen and oxygen atoms in total. The highest BCUT2D eigenvalue weighted by molar-refractivity contribution is 7.74. The highest BCUT2D eigenvalue weighted by Gasteiger charge is 2.26. The van der Waals surface area contributed by atoms with Gasteiger partial charge in [-0.2, -0.15) is 0 Å². The van der Waals surface area contributed by atoms with Gasteiger partial charge in [-0.25, -0.2) is 0 Å². The van der Waals surface area contributed by atoms with Crippen LogP contribution in [-0.4, -0.2) is 4.92 Å². The maximum absolute atomic E-state index is 13.7. The Bertz CT molecular complexity index is 942. The third kappa shape index (κ3) is 4.80. The van der Waals surface area contributed by atoms with E-state index in [2.05, 4.69) is 10.2 Å². The SMILES string of the molecule is O=[N+]([O-])c1ccc(P(=O)(Nc2ccc(Cl)cc2)Nc2ccc(Cl)cc2)cc1. The van der Waals surface area contributed by atoms with E-state index in [0.29, 0.717) is 26.7 Å². The molecule has 0 unspecified atom stereocenters. The van der Waals surface area contributed by atoms with E-state index < -0.39 is 12.4 Å². The number of rotatable bonds is 6. The van der Waals surface area contributed by atoms with Gasteiger partial charge in [0.05, 0.1) is 10.2 Å². The lowest BCUT2D eigenvalue weighted by atomic mass is 10.3. The van der Waals surface area contributed by atoms with Gasteiger partial charge in [0.25, 0.3) is 13.1 Å². The highest BCUT2D eigenvalue weighted by Crippen LogP contribution is 2.45. The zero-order valence-corrected chi connectivity index (χ0v) is 16.2. The van der Waals surface area contributed by atoms with Crippen LogP contribution in [0.3, 0.4) is 0 Å². The summed E-state index contributed by atoms with van der Waals surface area (Å²) in [4.78, 5) is 10.4. The molecule has 0 aliphatic rings. The van der Waals surface area contributed by atoms with Crippen LogP contribution in [-0.2, 0) is 4.57 Å². The second-order valence-corrected chi connectivity index (χ2v) is 8.68. The fourth-order valence-electron chi connectivity index (χ4n) is 2.35. The molecule has 2 N–H and O–H groups in total. The lowest BCUT2D eigenvalue weighted by Gasteiger charge is -2.23. The predicted molar refractivity (Wildman–Crippen MR) is 110 cm³/mol. The first kappa shape index (κ1) is 19.2. The van der Waals surface area contributed by atoms with Crippen LogP contribution in [0, 0.1) is 10.1 Å². The Hall–Kier alpha value is -2.53. The maximum atomic E-state index is 13.7. The number of benzene rings is 3. The molecule has 0 saturated carbocycles. The van der Waals surface area contributed by atoms with Gasteiger partial charge >= 0.3 is 0 Å². The molecule has 0 spiro atoms. The molecule has 3 aromatic carbocycles. The number of hydrogen-bond acceptors (Lipinski definition) is 3. The van der Waals surface area contributed by atoms with Crippen molar-refractivity contribution in [2.75, 3.05) is 10.2 Å². The molecule has 0 fully saturated rings. The van der Waals surface area contributed by atoms with Crippen molar-refractivity contribution in [3.63, 3.8) is 0 Å².